The minimum absolute atomic E-state index is 0.00873. The first-order chi connectivity index (χ1) is 52.7. The Balaban J connectivity index is 0.990. The van der Waals surface area contributed by atoms with Gasteiger partial charge in [-0.3, -0.25) is 62.5 Å². The predicted octanol–water partition coefficient (Wildman–Crippen LogP) is 5.40. The summed E-state index contributed by atoms with van der Waals surface area (Å²) in [5.74, 6) is -4.85. The molecule has 4 amide bonds. The largest absolute Gasteiger partial charge is 0.494 e. The van der Waals surface area contributed by atoms with Gasteiger partial charge in [0.1, 0.15) is 63.2 Å². The molecule has 4 heterocycles. The number of esters is 4. The molecule has 6 rings (SSSR count). The highest BCUT2D eigenvalue weighted by Crippen LogP contribution is 2.44. The molecule has 2 aromatic carbocycles. The molecule has 35 heteroatoms. The Bertz CT molecular complexity index is 4210. The van der Waals surface area contributed by atoms with Gasteiger partial charge < -0.3 is 49.7 Å². The first-order valence-electron chi connectivity index (χ1n) is 39.1. The number of aryl methyl sites for hydroxylation is 4. The maximum atomic E-state index is 14.8. The molecule has 0 saturated carbocycles. The first-order valence-corrected chi connectivity index (χ1v) is 43.6. The monoisotopic (exact) mass is 1660 g/mol. The number of nitrogens with zero attached hydrogens (tertiary/aromatic N) is 6. The van der Waals surface area contributed by atoms with Gasteiger partial charge in [0.05, 0.1) is 42.6 Å². The fourth-order valence-electron chi connectivity index (χ4n) is 13.5. The van der Waals surface area contributed by atoms with E-state index in [0.29, 0.717) is 74.3 Å². The molecule has 3 aliphatic heterocycles. The zero-order valence-electron chi connectivity index (χ0n) is 70.3. The lowest BCUT2D eigenvalue weighted by atomic mass is 9.88. The summed E-state index contributed by atoms with van der Waals surface area (Å²) in [4.78, 5) is 119. The molecule has 3 aromatic rings. The SMILES string of the molecule is Cc1cc(OCCCC(=O)NCCNC(=O)C(CS(=O)(=O)O)NC(=O)CN2CCN(CC(=O)OC(C)(C)C)CCN(CC(=O)OC(C)(C)C)CCN(CC(=O)OC(C)(C)C)CC2)cc(C)c1S(=O)(=O)N[C@H](CNC(=O)CCCCc1ccc2c(n1)N(S(=O)(=O)c1c(C)c(C)c3c(c1C)CCC(C)(C)O3)CCC2)C(=O)OC(C)(C)C. The normalized spacial score (nSPS) is 16.6. The Morgan fingerprint density at radius 1 is 0.570 bits per heavy atom. The Hall–Kier alpha value is -7.64. The van der Waals surface area contributed by atoms with Crippen molar-refractivity contribution in [2.75, 3.05) is 121 Å². The molecule has 0 bridgehead atoms. The number of ether oxygens (including phenoxy) is 6. The number of fused-ring (bicyclic) bond motifs is 2. The molecule has 1 saturated heterocycles. The van der Waals surface area contributed by atoms with Crippen LogP contribution in [0.2, 0.25) is 0 Å². The number of amides is 4. The third-order valence-electron chi connectivity index (χ3n) is 18.8. The standard InChI is InChI=1S/C79H125N11O21S3/c1-52-44-59(45-53(2)70(52)113(102,103)85-61(74(98)111-78(15,16)17)46-82-64(92)26-21-20-25-58-29-28-57-24-22-34-90(72(57)83-58)114(104,105)71-55(4)54(3)69-60(56(71)5)30-31-79(18,19)110-69)106-43-23-27-63(91)80-32-33-81-73(97)62(51-112(99,100)101)84-65(93)47-86-35-37-87(48-66(94)107-75(6,7)8)39-41-89(50-68(96)109-77(12,13)14)42-40-88(38-36-86)49-67(95)108-76(9,10)11/h28-29,44-45,61-62,85H,20-27,30-43,46-51H2,1-19H3,(H,80,91)(H,81,97)(H,82,92)(H,84,93)(H,99,100,101)/t61-,62?/m1/s1. The summed E-state index contributed by atoms with van der Waals surface area (Å²) in [6.45, 7) is 33.8. The van der Waals surface area contributed by atoms with Gasteiger partial charge in [-0.2, -0.15) is 13.1 Å². The van der Waals surface area contributed by atoms with Gasteiger partial charge in [0.2, 0.25) is 33.7 Å². The van der Waals surface area contributed by atoms with Crippen LogP contribution < -0.4 is 39.8 Å². The number of sulfonamides is 2. The summed E-state index contributed by atoms with van der Waals surface area (Å²) in [6, 6.07) is 3.43. The molecule has 3 aliphatic rings. The molecule has 1 fully saturated rings. The van der Waals surface area contributed by atoms with Crippen molar-refractivity contribution in [1.82, 2.24) is 50.6 Å². The molecular weight excluding hydrogens is 1540 g/mol. The van der Waals surface area contributed by atoms with E-state index in [9.17, 15) is 68.2 Å². The van der Waals surface area contributed by atoms with Crippen LogP contribution >= 0.6 is 0 Å². The molecular formula is C79H125N11O21S3. The lowest BCUT2D eigenvalue weighted by Crippen LogP contribution is -2.54. The predicted molar refractivity (Wildman–Crippen MR) is 430 cm³/mol. The van der Waals surface area contributed by atoms with Gasteiger partial charge in [0.25, 0.3) is 20.1 Å². The van der Waals surface area contributed by atoms with Crippen LogP contribution in [0.4, 0.5) is 5.82 Å². The molecule has 0 aliphatic carbocycles. The van der Waals surface area contributed by atoms with Crippen molar-refractivity contribution in [1.29, 1.82) is 0 Å². The number of nitrogens with one attached hydrogen (secondary N) is 5. The quantitative estimate of drug-likeness (QED) is 0.0192. The van der Waals surface area contributed by atoms with Gasteiger partial charge in [0, 0.05) is 97.1 Å². The van der Waals surface area contributed by atoms with Crippen LogP contribution in [0, 0.1) is 34.6 Å². The summed E-state index contributed by atoms with van der Waals surface area (Å²) in [7, 11) is -13.4. The van der Waals surface area contributed by atoms with E-state index in [4.69, 9.17) is 33.4 Å². The van der Waals surface area contributed by atoms with E-state index in [0.717, 1.165) is 28.9 Å². The van der Waals surface area contributed by atoms with E-state index in [1.54, 1.807) is 102 Å². The van der Waals surface area contributed by atoms with Gasteiger partial charge in [-0.15, -0.1) is 0 Å². The molecule has 640 valence electrons. The summed E-state index contributed by atoms with van der Waals surface area (Å²) < 4.78 is 131. The summed E-state index contributed by atoms with van der Waals surface area (Å²) >= 11 is 0. The third-order valence-corrected chi connectivity index (χ3v) is 23.4. The number of hydrogen-bond donors (Lipinski definition) is 6. The number of rotatable bonds is 33. The molecule has 0 spiro atoms. The minimum Gasteiger partial charge on any atom is -0.494 e. The smallest absolute Gasteiger partial charge is 0.326 e. The van der Waals surface area contributed by atoms with E-state index >= 15 is 0 Å². The number of aromatic nitrogens is 1. The van der Waals surface area contributed by atoms with E-state index < -0.39 is 131 Å². The van der Waals surface area contributed by atoms with E-state index in [2.05, 4.69) is 26.0 Å². The van der Waals surface area contributed by atoms with Gasteiger partial charge in [-0.25, -0.2) is 26.1 Å². The highest BCUT2D eigenvalue weighted by atomic mass is 32.2. The molecule has 6 N–H and O–H groups in total. The Morgan fingerprint density at radius 3 is 1.57 bits per heavy atom. The number of benzene rings is 2. The highest BCUT2D eigenvalue weighted by molar-refractivity contribution is 7.93. The van der Waals surface area contributed by atoms with E-state index in [-0.39, 0.29) is 137 Å². The Labute approximate surface area is 674 Å². The van der Waals surface area contributed by atoms with Gasteiger partial charge >= 0.3 is 23.9 Å². The zero-order chi connectivity index (χ0) is 85.3. The average Bonchev–Trinajstić information content (AvgIpc) is 0.731. The number of hydrogen-bond acceptors (Lipinski definition) is 25. The Morgan fingerprint density at radius 2 is 1.06 bits per heavy atom. The van der Waals surface area contributed by atoms with Crippen molar-refractivity contribution in [3.05, 3.63) is 68.9 Å². The second-order valence-corrected chi connectivity index (χ2v) is 39.2. The third kappa shape index (κ3) is 31.4. The fraction of sp³-hybridized carbons (Fsp3) is 0.684. The van der Waals surface area contributed by atoms with Crippen molar-refractivity contribution in [2.24, 2.45) is 0 Å². The van der Waals surface area contributed by atoms with Gasteiger partial charge in [0.15, 0.2) is 0 Å². The first kappa shape index (κ1) is 95.2. The second-order valence-electron chi connectivity index (χ2n) is 34.3. The molecule has 0 radical (unpaired) electrons. The number of carbonyl (C=O) groups excluding carboxylic acids is 8. The van der Waals surface area contributed by atoms with E-state index in [1.807, 2.05) is 61.5 Å². The summed E-state index contributed by atoms with van der Waals surface area (Å²) in [6.07, 6.45) is 4.23. The number of pyridine rings is 1. The van der Waals surface area contributed by atoms with Crippen LogP contribution in [0.15, 0.2) is 34.1 Å². The number of carbonyl (C=O) groups is 8. The van der Waals surface area contributed by atoms with Crippen LogP contribution in [0.25, 0.3) is 0 Å². The minimum atomic E-state index is -4.86. The molecule has 32 nitrogen and oxygen atoms in total. The van der Waals surface area contributed by atoms with Crippen LogP contribution in [-0.4, -0.2) is 259 Å². The van der Waals surface area contributed by atoms with Crippen molar-refractivity contribution < 1.29 is 96.6 Å². The van der Waals surface area contributed by atoms with Crippen molar-refractivity contribution in [3.8, 4) is 11.5 Å². The lowest BCUT2D eigenvalue weighted by molar-refractivity contribution is -0.158. The van der Waals surface area contributed by atoms with Crippen LogP contribution in [0.1, 0.15) is 187 Å². The average molecular weight is 1660 g/mol. The molecule has 1 unspecified atom stereocenters. The van der Waals surface area contributed by atoms with Crippen molar-refractivity contribution >= 4 is 83.5 Å². The van der Waals surface area contributed by atoms with Crippen molar-refractivity contribution in [2.45, 2.75) is 246 Å². The fourth-order valence-corrected chi connectivity index (χ4v) is 17.8. The Kier molecular flexibility index (Phi) is 33.8. The maximum Gasteiger partial charge on any atom is 0.326 e. The summed E-state index contributed by atoms with van der Waals surface area (Å²) in [5, 5.41) is 10.2. The molecule has 1 aromatic heterocycles. The van der Waals surface area contributed by atoms with Crippen molar-refractivity contribution in [3.63, 3.8) is 0 Å². The van der Waals surface area contributed by atoms with Gasteiger partial charge in [-0.05, 0) is 240 Å². The molecule has 114 heavy (non-hydrogen) atoms. The number of unbranched alkanes of at least 4 members (excludes halogenated alkanes) is 1. The van der Waals surface area contributed by atoms with Crippen LogP contribution in [-0.2, 0) is 107 Å². The maximum absolute atomic E-state index is 14.8. The lowest BCUT2D eigenvalue weighted by Gasteiger charge is -2.36. The zero-order valence-corrected chi connectivity index (χ0v) is 72.7. The summed E-state index contributed by atoms with van der Waals surface area (Å²) in [5.41, 5.74) is 1.31. The molecule has 2 atom stereocenters. The van der Waals surface area contributed by atoms with Gasteiger partial charge in [-0.1, -0.05) is 6.07 Å². The van der Waals surface area contributed by atoms with Crippen LogP contribution in [0.5, 0.6) is 11.5 Å². The highest BCUT2D eigenvalue weighted by Gasteiger charge is 2.39. The second kappa shape index (κ2) is 40.5. The van der Waals surface area contributed by atoms with E-state index in [1.165, 1.54) is 16.4 Å². The van der Waals surface area contributed by atoms with Crippen LogP contribution in [0.3, 0.4) is 0 Å². The number of anilines is 1. The topological polar surface area (TPSA) is 404 Å².